The molecular weight excluding hydrogens is 241 g/mol. The molecule has 0 heterocycles. The van der Waals surface area contributed by atoms with E-state index in [0.29, 0.717) is 4.47 Å². The minimum absolute atomic E-state index is 0.0781. The Hall–Kier alpha value is -1.10. The van der Waals surface area contributed by atoms with Crippen LogP contribution in [-0.2, 0) is 4.74 Å². The number of halogens is 2. The van der Waals surface area contributed by atoms with Crippen LogP contribution in [0.2, 0.25) is 0 Å². The number of para-hydroxylation sites is 1. The number of carbonyl (C=O) groups excluding carboxylic acids is 1. The van der Waals surface area contributed by atoms with Gasteiger partial charge in [0.15, 0.2) is 0 Å². The molecule has 1 rings (SSSR count). The molecule has 0 aromatic heterocycles. The molecule has 70 valence electrons. The number of amides is 1. The second-order valence-corrected chi connectivity index (χ2v) is 3.07. The van der Waals surface area contributed by atoms with Gasteiger partial charge in [0.05, 0.1) is 12.8 Å². The fraction of sp³-hybridized carbons (Fsp3) is 0.125. The zero-order valence-electron chi connectivity index (χ0n) is 6.80. The number of benzene rings is 1. The molecule has 1 N–H and O–H groups in total. The van der Waals surface area contributed by atoms with Gasteiger partial charge in [-0.15, -0.1) is 0 Å². The van der Waals surface area contributed by atoms with E-state index in [9.17, 15) is 9.18 Å². The van der Waals surface area contributed by atoms with Gasteiger partial charge < -0.3 is 4.74 Å². The molecular formula is C8H7BrFNO2. The first kappa shape index (κ1) is 9.98. The molecule has 1 aromatic carbocycles. The highest BCUT2D eigenvalue weighted by Gasteiger charge is 2.09. The van der Waals surface area contributed by atoms with Gasteiger partial charge in [0.1, 0.15) is 5.82 Å². The summed E-state index contributed by atoms with van der Waals surface area (Å²) in [6, 6.07) is 4.40. The third kappa shape index (κ3) is 2.42. The SMILES string of the molecule is COC(=O)Nc1c(F)cccc1Br. The van der Waals surface area contributed by atoms with Crippen LogP contribution in [0.3, 0.4) is 0 Å². The van der Waals surface area contributed by atoms with Crippen LogP contribution in [0.25, 0.3) is 0 Å². The Morgan fingerprint density at radius 1 is 1.62 bits per heavy atom. The number of hydrogen-bond donors (Lipinski definition) is 1. The van der Waals surface area contributed by atoms with Crippen LogP contribution in [0, 0.1) is 5.82 Å². The van der Waals surface area contributed by atoms with Crippen molar-refractivity contribution in [2.45, 2.75) is 0 Å². The lowest BCUT2D eigenvalue weighted by Crippen LogP contribution is -2.12. The lowest BCUT2D eigenvalue weighted by Gasteiger charge is -2.06. The second kappa shape index (κ2) is 4.23. The first-order valence-corrected chi connectivity index (χ1v) is 4.23. The molecule has 0 saturated heterocycles. The largest absolute Gasteiger partial charge is 0.453 e. The molecule has 0 spiro atoms. The molecule has 3 nitrogen and oxygen atoms in total. The van der Waals surface area contributed by atoms with Crippen molar-refractivity contribution in [1.82, 2.24) is 0 Å². The second-order valence-electron chi connectivity index (χ2n) is 2.21. The number of nitrogens with one attached hydrogen (secondary N) is 1. The quantitative estimate of drug-likeness (QED) is 0.829. The van der Waals surface area contributed by atoms with Crippen LogP contribution >= 0.6 is 15.9 Å². The number of hydrogen-bond acceptors (Lipinski definition) is 2. The third-order valence-electron chi connectivity index (χ3n) is 1.38. The van der Waals surface area contributed by atoms with Gasteiger partial charge in [-0.05, 0) is 28.1 Å². The van der Waals surface area contributed by atoms with Crippen LogP contribution in [-0.4, -0.2) is 13.2 Å². The van der Waals surface area contributed by atoms with Crippen molar-refractivity contribution in [2.75, 3.05) is 12.4 Å². The van der Waals surface area contributed by atoms with Crippen molar-refractivity contribution in [3.8, 4) is 0 Å². The monoisotopic (exact) mass is 247 g/mol. The smallest absolute Gasteiger partial charge is 0.411 e. The molecule has 0 unspecified atom stereocenters. The van der Waals surface area contributed by atoms with Gasteiger partial charge in [-0.3, -0.25) is 5.32 Å². The van der Waals surface area contributed by atoms with Gasteiger partial charge in [-0.1, -0.05) is 6.07 Å². The van der Waals surface area contributed by atoms with E-state index < -0.39 is 11.9 Å². The maximum atomic E-state index is 13.0. The standard InChI is InChI=1S/C8H7BrFNO2/c1-13-8(12)11-7-5(9)3-2-4-6(7)10/h2-4H,1H3,(H,11,12). The number of anilines is 1. The summed E-state index contributed by atoms with van der Waals surface area (Å²) < 4.78 is 17.8. The topological polar surface area (TPSA) is 38.3 Å². The van der Waals surface area contributed by atoms with Crippen molar-refractivity contribution in [2.24, 2.45) is 0 Å². The average molecular weight is 248 g/mol. The van der Waals surface area contributed by atoms with Crippen molar-refractivity contribution >= 4 is 27.7 Å². The molecule has 0 radical (unpaired) electrons. The van der Waals surface area contributed by atoms with Crippen LogP contribution in [0.15, 0.2) is 22.7 Å². The molecule has 0 atom stereocenters. The zero-order chi connectivity index (χ0) is 9.84. The molecule has 1 amide bonds. The van der Waals surface area contributed by atoms with E-state index >= 15 is 0 Å². The van der Waals surface area contributed by atoms with E-state index in [0.717, 1.165) is 0 Å². The summed E-state index contributed by atoms with van der Waals surface area (Å²) in [5.41, 5.74) is 0.0781. The highest BCUT2D eigenvalue weighted by Crippen LogP contribution is 2.24. The van der Waals surface area contributed by atoms with Crippen LogP contribution < -0.4 is 5.32 Å². The zero-order valence-corrected chi connectivity index (χ0v) is 8.39. The lowest BCUT2D eigenvalue weighted by atomic mass is 10.3. The van der Waals surface area contributed by atoms with Gasteiger partial charge in [0.25, 0.3) is 0 Å². The Balaban J connectivity index is 2.93. The Morgan fingerprint density at radius 3 is 2.85 bits per heavy atom. The normalized spacial score (nSPS) is 9.46. The summed E-state index contributed by atoms with van der Waals surface area (Å²) in [5.74, 6) is -0.514. The fourth-order valence-electron chi connectivity index (χ4n) is 0.770. The first-order valence-electron chi connectivity index (χ1n) is 3.44. The molecule has 0 saturated carbocycles. The van der Waals surface area contributed by atoms with Gasteiger partial charge in [-0.2, -0.15) is 0 Å². The predicted octanol–water partition coefficient (Wildman–Crippen LogP) is 2.77. The van der Waals surface area contributed by atoms with Gasteiger partial charge in [0, 0.05) is 4.47 Å². The van der Waals surface area contributed by atoms with Gasteiger partial charge in [0.2, 0.25) is 0 Å². The van der Waals surface area contributed by atoms with Crippen molar-refractivity contribution in [3.05, 3.63) is 28.5 Å². The predicted molar refractivity (Wildman–Crippen MR) is 50.1 cm³/mol. The molecule has 0 aliphatic heterocycles. The van der Waals surface area contributed by atoms with Crippen LogP contribution in [0.4, 0.5) is 14.9 Å². The van der Waals surface area contributed by atoms with Crippen LogP contribution in [0.1, 0.15) is 0 Å². The molecule has 0 aliphatic carbocycles. The van der Waals surface area contributed by atoms with Crippen LogP contribution in [0.5, 0.6) is 0 Å². The third-order valence-corrected chi connectivity index (χ3v) is 2.04. The molecule has 0 aliphatic rings. The Labute approximate surface area is 83.0 Å². The maximum Gasteiger partial charge on any atom is 0.411 e. The molecule has 0 fully saturated rings. The van der Waals surface area contributed by atoms with E-state index in [1.807, 2.05) is 0 Å². The average Bonchev–Trinajstić information content (AvgIpc) is 2.11. The summed E-state index contributed by atoms with van der Waals surface area (Å²) >= 11 is 3.09. The fourth-order valence-corrected chi connectivity index (χ4v) is 1.21. The van der Waals surface area contributed by atoms with E-state index in [1.165, 1.54) is 19.2 Å². The summed E-state index contributed by atoms with van der Waals surface area (Å²) in [6.45, 7) is 0. The summed E-state index contributed by atoms with van der Waals surface area (Å²) in [4.78, 5) is 10.8. The van der Waals surface area contributed by atoms with Crippen molar-refractivity contribution in [3.63, 3.8) is 0 Å². The summed E-state index contributed by atoms with van der Waals surface area (Å²) in [7, 11) is 1.21. The summed E-state index contributed by atoms with van der Waals surface area (Å²) in [6.07, 6.45) is -0.703. The Kier molecular flexibility index (Phi) is 3.25. The Morgan fingerprint density at radius 2 is 2.31 bits per heavy atom. The van der Waals surface area contributed by atoms with Crippen molar-refractivity contribution in [1.29, 1.82) is 0 Å². The number of rotatable bonds is 1. The Bertz CT molecular complexity index is 310. The highest BCUT2D eigenvalue weighted by atomic mass is 79.9. The highest BCUT2D eigenvalue weighted by molar-refractivity contribution is 9.10. The van der Waals surface area contributed by atoms with E-state index in [-0.39, 0.29) is 5.69 Å². The molecule has 5 heteroatoms. The van der Waals surface area contributed by atoms with E-state index in [4.69, 9.17) is 0 Å². The maximum absolute atomic E-state index is 13.0. The minimum Gasteiger partial charge on any atom is -0.453 e. The number of methoxy groups -OCH3 is 1. The summed E-state index contributed by atoms with van der Waals surface area (Å²) in [5, 5.41) is 2.25. The molecule has 1 aromatic rings. The number of carbonyl (C=O) groups is 1. The van der Waals surface area contributed by atoms with Crippen molar-refractivity contribution < 1.29 is 13.9 Å². The van der Waals surface area contributed by atoms with E-state index in [2.05, 4.69) is 26.0 Å². The number of ether oxygens (including phenoxy) is 1. The molecule has 13 heavy (non-hydrogen) atoms. The minimum atomic E-state index is -0.703. The first-order chi connectivity index (χ1) is 6.15. The van der Waals surface area contributed by atoms with Gasteiger partial charge >= 0.3 is 6.09 Å². The molecule has 0 bridgehead atoms. The van der Waals surface area contributed by atoms with Gasteiger partial charge in [-0.25, -0.2) is 9.18 Å². The van der Waals surface area contributed by atoms with E-state index in [1.54, 1.807) is 6.07 Å². The lowest BCUT2D eigenvalue weighted by molar-refractivity contribution is 0.186.